The minimum Gasteiger partial charge on any atom is -0.456 e. The second kappa shape index (κ2) is 8.56. The summed E-state index contributed by atoms with van der Waals surface area (Å²) < 4.78 is 11.5. The van der Waals surface area contributed by atoms with Crippen molar-refractivity contribution in [2.24, 2.45) is 0 Å². The van der Waals surface area contributed by atoms with Gasteiger partial charge in [-0.25, -0.2) is 4.79 Å². The maximum Gasteiger partial charge on any atom is 0.419 e. The number of carbonyl (C=O) groups is 2. The average molecular weight is 382 g/mol. The van der Waals surface area contributed by atoms with E-state index < -0.39 is 17.6 Å². The zero-order chi connectivity index (χ0) is 20.1. The maximum absolute atomic E-state index is 11.9. The number of fused-ring (bicyclic) bond motifs is 1. The fraction of sp³-hybridized carbons (Fsp3) is 0.286. The van der Waals surface area contributed by atoms with E-state index in [4.69, 9.17) is 9.15 Å². The van der Waals surface area contributed by atoms with Crippen molar-refractivity contribution in [1.82, 2.24) is 4.57 Å². The standard InChI is InChI=1S/C21H22N2O5/c1-14(2)15-7-9-16(10-8-15)22-19(24)13-27-20(25)11-12-23-17-5-3-4-6-18(17)28-21(23)26/h3-10,14H,11-13H2,1-2H3,(H,22,24). The fourth-order valence-electron chi connectivity index (χ4n) is 2.80. The van der Waals surface area contributed by atoms with Crippen molar-refractivity contribution in [2.75, 3.05) is 11.9 Å². The van der Waals surface area contributed by atoms with E-state index in [0.717, 1.165) is 0 Å². The predicted molar refractivity (Wildman–Crippen MR) is 105 cm³/mol. The number of ether oxygens (including phenoxy) is 1. The molecule has 0 atom stereocenters. The largest absolute Gasteiger partial charge is 0.456 e. The molecule has 0 aliphatic carbocycles. The molecular formula is C21H22N2O5. The normalized spacial score (nSPS) is 11.0. The third-order valence-electron chi connectivity index (χ3n) is 4.34. The van der Waals surface area contributed by atoms with E-state index in [9.17, 15) is 14.4 Å². The van der Waals surface area contributed by atoms with Crippen molar-refractivity contribution in [3.05, 3.63) is 64.6 Å². The lowest BCUT2D eigenvalue weighted by atomic mass is 10.0. The summed E-state index contributed by atoms with van der Waals surface area (Å²) in [4.78, 5) is 35.7. The molecule has 1 aromatic heterocycles. The molecule has 2 aromatic carbocycles. The highest BCUT2D eigenvalue weighted by Gasteiger charge is 2.12. The van der Waals surface area contributed by atoms with Crippen LogP contribution in [0.1, 0.15) is 31.7 Å². The summed E-state index contributed by atoms with van der Waals surface area (Å²) in [5, 5.41) is 2.68. The Hall–Kier alpha value is -3.35. The molecule has 0 aliphatic heterocycles. The Morgan fingerprint density at radius 3 is 2.54 bits per heavy atom. The van der Waals surface area contributed by atoms with Gasteiger partial charge in [-0.2, -0.15) is 0 Å². The number of para-hydroxylation sites is 2. The van der Waals surface area contributed by atoms with Crippen molar-refractivity contribution < 1.29 is 18.7 Å². The monoisotopic (exact) mass is 382 g/mol. The number of rotatable bonds is 7. The molecule has 7 nitrogen and oxygen atoms in total. The molecule has 28 heavy (non-hydrogen) atoms. The summed E-state index contributed by atoms with van der Waals surface area (Å²) in [6, 6.07) is 14.5. The second-order valence-corrected chi connectivity index (χ2v) is 6.72. The van der Waals surface area contributed by atoms with Crippen LogP contribution < -0.4 is 11.1 Å². The van der Waals surface area contributed by atoms with Crippen molar-refractivity contribution >= 4 is 28.7 Å². The Labute approximate surface area is 161 Å². The fourth-order valence-corrected chi connectivity index (χ4v) is 2.80. The van der Waals surface area contributed by atoms with Gasteiger partial charge in [0.15, 0.2) is 12.2 Å². The Morgan fingerprint density at radius 1 is 1.11 bits per heavy atom. The first-order valence-corrected chi connectivity index (χ1v) is 9.08. The topological polar surface area (TPSA) is 90.5 Å². The minimum absolute atomic E-state index is 0.0419. The summed E-state index contributed by atoms with van der Waals surface area (Å²) in [5.74, 6) is -1.11. The van der Waals surface area contributed by atoms with Gasteiger partial charge in [0.25, 0.3) is 5.91 Å². The van der Waals surface area contributed by atoms with Gasteiger partial charge in [0.05, 0.1) is 11.9 Å². The second-order valence-electron chi connectivity index (χ2n) is 6.72. The number of nitrogens with zero attached hydrogens (tertiary/aromatic N) is 1. The van der Waals surface area contributed by atoms with Crippen LogP contribution in [0.3, 0.4) is 0 Å². The van der Waals surface area contributed by atoms with E-state index in [1.807, 2.05) is 24.3 Å². The van der Waals surface area contributed by atoms with Gasteiger partial charge in [-0.15, -0.1) is 0 Å². The van der Waals surface area contributed by atoms with E-state index in [0.29, 0.717) is 22.7 Å². The van der Waals surface area contributed by atoms with Gasteiger partial charge in [-0.1, -0.05) is 38.1 Å². The van der Waals surface area contributed by atoms with Crippen LogP contribution in [-0.4, -0.2) is 23.1 Å². The zero-order valence-corrected chi connectivity index (χ0v) is 15.8. The van der Waals surface area contributed by atoms with Crippen LogP contribution in [0, 0.1) is 0 Å². The van der Waals surface area contributed by atoms with E-state index in [1.165, 1.54) is 10.1 Å². The smallest absolute Gasteiger partial charge is 0.419 e. The van der Waals surface area contributed by atoms with Gasteiger partial charge >= 0.3 is 11.7 Å². The average Bonchev–Trinajstić information content (AvgIpc) is 3.00. The molecular weight excluding hydrogens is 360 g/mol. The SMILES string of the molecule is CC(C)c1ccc(NC(=O)COC(=O)CCn2c(=O)oc3ccccc32)cc1. The number of benzene rings is 2. The number of carbonyl (C=O) groups excluding carboxylic acids is 2. The van der Waals surface area contributed by atoms with Crippen LogP contribution in [0.5, 0.6) is 0 Å². The summed E-state index contributed by atoms with van der Waals surface area (Å²) in [6.07, 6.45) is -0.0419. The summed E-state index contributed by atoms with van der Waals surface area (Å²) in [7, 11) is 0. The summed E-state index contributed by atoms with van der Waals surface area (Å²) in [5.41, 5.74) is 2.89. The molecule has 7 heteroatoms. The zero-order valence-electron chi connectivity index (χ0n) is 15.8. The maximum atomic E-state index is 11.9. The Kier molecular flexibility index (Phi) is 5.93. The van der Waals surface area contributed by atoms with Crippen molar-refractivity contribution in [3.63, 3.8) is 0 Å². The Morgan fingerprint density at radius 2 is 1.82 bits per heavy atom. The van der Waals surface area contributed by atoms with Crippen LogP contribution in [-0.2, 0) is 20.9 Å². The molecule has 3 aromatic rings. The van der Waals surface area contributed by atoms with Crippen molar-refractivity contribution in [2.45, 2.75) is 32.7 Å². The first kappa shape index (κ1) is 19.4. The Bertz CT molecular complexity index is 1030. The molecule has 0 saturated carbocycles. The molecule has 3 rings (SSSR count). The van der Waals surface area contributed by atoms with Gasteiger partial charge in [0.2, 0.25) is 0 Å². The van der Waals surface area contributed by atoms with Gasteiger partial charge in [0.1, 0.15) is 0 Å². The number of nitrogens with one attached hydrogen (secondary N) is 1. The van der Waals surface area contributed by atoms with Crippen LogP contribution in [0.4, 0.5) is 5.69 Å². The van der Waals surface area contributed by atoms with E-state index >= 15 is 0 Å². The highest BCUT2D eigenvalue weighted by atomic mass is 16.5. The molecule has 1 amide bonds. The molecule has 0 radical (unpaired) electrons. The molecule has 0 spiro atoms. The van der Waals surface area contributed by atoms with E-state index in [1.54, 1.807) is 24.3 Å². The van der Waals surface area contributed by atoms with E-state index in [-0.39, 0.29) is 19.6 Å². The molecule has 1 N–H and O–H groups in total. The summed E-state index contributed by atoms with van der Waals surface area (Å²) in [6.45, 7) is 3.92. The quantitative estimate of drug-likeness (QED) is 0.633. The molecule has 0 saturated heterocycles. The number of anilines is 1. The lowest BCUT2D eigenvalue weighted by molar-refractivity contribution is -0.147. The lowest BCUT2D eigenvalue weighted by Crippen LogP contribution is -2.22. The number of aromatic nitrogens is 1. The highest BCUT2D eigenvalue weighted by molar-refractivity contribution is 5.92. The van der Waals surface area contributed by atoms with Crippen LogP contribution in [0.25, 0.3) is 11.1 Å². The third-order valence-corrected chi connectivity index (χ3v) is 4.34. The van der Waals surface area contributed by atoms with Crippen LogP contribution in [0.2, 0.25) is 0 Å². The van der Waals surface area contributed by atoms with Crippen molar-refractivity contribution in [3.8, 4) is 0 Å². The number of esters is 1. The van der Waals surface area contributed by atoms with Crippen molar-refractivity contribution in [1.29, 1.82) is 0 Å². The van der Waals surface area contributed by atoms with Crippen LogP contribution in [0.15, 0.2) is 57.7 Å². The number of aryl methyl sites for hydroxylation is 1. The number of hydrogen-bond acceptors (Lipinski definition) is 5. The van der Waals surface area contributed by atoms with Gasteiger partial charge in [0, 0.05) is 12.2 Å². The lowest BCUT2D eigenvalue weighted by Gasteiger charge is -2.09. The minimum atomic E-state index is -0.567. The number of oxazole rings is 1. The first-order chi connectivity index (χ1) is 13.4. The molecule has 146 valence electrons. The van der Waals surface area contributed by atoms with Gasteiger partial charge < -0.3 is 14.5 Å². The summed E-state index contributed by atoms with van der Waals surface area (Å²) >= 11 is 0. The molecule has 0 fully saturated rings. The van der Waals surface area contributed by atoms with Crippen LogP contribution >= 0.6 is 0 Å². The first-order valence-electron chi connectivity index (χ1n) is 9.08. The molecule has 0 bridgehead atoms. The van der Waals surface area contributed by atoms with E-state index in [2.05, 4.69) is 19.2 Å². The van der Waals surface area contributed by atoms with Gasteiger partial charge in [-0.05, 0) is 35.7 Å². The number of hydrogen-bond donors (Lipinski definition) is 1. The molecule has 1 heterocycles. The predicted octanol–water partition coefficient (Wildman–Crippen LogP) is 3.29. The third kappa shape index (κ3) is 4.68. The molecule has 0 aliphatic rings. The highest BCUT2D eigenvalue weighted by Crippen LogP contribution is 2.17. The molecule has 0 unspecified atom stereocenters. The van der Waals surface area contributed by atoms with Gasteiger partial charge in [-0.3, -0.25) is 14.2 Å². The number of amides is 1. The Balaban J connectivity index is 1.48.